The lowest BCUT2D eigenvalue weighted by molar-refractivity contribution is 0.124. The van der Waals surface area contributed by atoms with E-state index in [4.69, 9.17) is 4.74 Å². The van der Waals surface area contributed by atoms with Gasteiger partial charge in [0.05, 0.1) is 0 Å². The number of nitrogens with zero attached hydrogens (tertiary/aromatic N) is 3. The van der Waals surface area contributed by atoms with Gasteiger partial charge in [-0.3, -0.25) is 4.90 Å². The first-order valence-electron chi connectivity index (χ1n) is 10.9. The van der Waals surface area contributed by atoms with Crippen molar-refractivity contribution in [3.05, 3.63) is 83.9 Å². The van der Waals surface area contributed by atoms with Gasteiger partial charge in [-0.2, -0.15) is 0 Å². The fraction of sp³-hybridized carbons (Fsp3) is 0.360. The number of anilines is 1. The van der Waals surface area contributed by atoms with Gasteiger partial charge in [-0.15, -0.1) is 10.2 Å². The molecule has 0 saturated carbocycles. The van der Waals surface area contributed by atoms with Gasteiger partial charge < -0.3 is 10.1 Å². The van der Waals surface area contributed by atoms with Crippen molar-refractivity contribution in [2.75, 3.05) is 5.32 Å². The lowest BCUT2D eigenvalue weighted by Crippen LogP contribution is -2.46. The van der Waals surface area contributed by atoms with Crippen molar-refractivity contribution in [2.24, 2.45) is 0 Å². The van der Waals surface area contributed by atoms with Gasteiger partial charge in [-0.1, -0.05) is 60.7 Å². The summed E-state index contributed by atoms with van der Waals surface area (Å²) in [5, 5.41) is 12.2. The Bertz CT molecular complexity index is 918. The van der Waals surface area contributed by atoms with E-state index in [1.807, 2.05) is 42.5 Å². The first-order chi connectivity index (χ1) is 14.8. The van der Waals surface area contributed by atoms with Gasteiger partial charge in [-0.05, 0) is 42.9 Å². The van der Waals surface area contributed by atoms with Crippen LogP contribution >= 0.6 is 0 Å². The van der Waals surface area contributed by atoms with Gasteiger partial charge in [0.25, 0.3) is 0 Å². The highest BCUT2D eigenvalue weighted by Crippen LogP contribution is 2.37. The van der Waals surface area contributed by atoms with Crippen LogP contribution in [0.25, 0.3) is 0 Å². The van der Waals surface area contributed by atoms with Crippen LogP contribution in [-0.4, -0.2) is 33.2 Å². The van der Waals surface area contributed by atoms with Crippen LogP contribution in [0.2, 0.25) is 0 Å². The van der Waals surface area contributed by atoms with Gasteiger partial charge in [-0.25, -0.2) is 0 Å². The molecule has 1 N–H and O–H groups in total. The maximum atomic E-state index is 5.74. The van der Waals surface area contributed by atoms with Crippen molar-refractivity contribution in [3.63, 3.8) is 0 Å². The fourth-order valence-electron chi connectivity index (χ4n) is 4.86. The molecule has 2 atom stereocenters. The first kappa shape index (κ1) is 19.1. The Labute approximate surface area is 178 Å². The van der Waals surface area contributed by atoms with Gasteiger partial charge in [0, 0.05) is 30.7 Å². The zero-order valence-electron chi connectivity index (χ0n) is 17.2. The Morgan fingerprint density at radius 3 is 2.10 bits per heavy atom. The molecule has 3 heterocycles. The molecule has 1 aromatic heterocycles. The van der Waals surface area contributed by atoms with Crippen LogP contribution < -0.4 is 10.1 Å². The van der Waals surface area contributed by atoms with E-state index in [0.717, 1.165) is 30.8 Å². The molecule has 154 valence electrons. The van der Waals surface area contributed by atoms with E-state index in [1.165, 1.54) is 18.4 Å². The summed E-state index contributed by atoms with van der Waals surface area (Å²) in [5.41, 5.74) is 2.54. The summed E-state index contributed by atoms with van der Waals surface area (Å²) in [5.74, 6) is 1.39. The summed E-state index contributed by atoms with van der Waals surface area (Å²) < 4.78 is 5.74. The molecule has 0 amide bonds. The molecule has 2 aliphatic heterocycles. The number of nitrogens with one attached hydrogen (secondary N) is 1. The average molecular weight is 401 g/mol. The summed E-state index contributed by atoms with van der Waals surface area (Å²) in [7, 11) is 0. The summed E-state index contributed by atoms with van der Waals surface area (Å²) in [6, 6.07) is 26.6. The van der Waals surface area contributed by atoms with Crippen LogP contribution in [0, 0.1) is 0 Å². The Morgan fingerprint density at radius 1 is 0.800 bits per heavy atom. The number of aromatic nitrogens is 2. The molecule has 5 heteroatoms. The average Bonchev–Trinajstić information content (AvgIpc) is 3.02. The Hall–Kier alpha value is -2.92. The van der Waals surface area contributed by atoms with Gasteiger partial charge in [0.2, 0.25) is 5.88 Å². The highest BCUT2D eigenvalue weighted by molar-refractivity contribution is 5.36. The standard InChI is InChI=1S/C25H28N4O/c1-3-7-19(8-4-1)17-29-22-11-12-23(29)16-21(15-22)26-24-13-14-25(28-27-24)30-18-20-9-5-2-6-10-20/h1-10,13-14,21-23H,11-12,15-18H2,(H,26,27). The molecule has 2 aliphatic rings. The maximum absolute atomic E-state index is 5.74. The van der Waals surface area contributed by atoms with E-state index < -0.39 is 0 Å². The van der Waals surface area contributed by atoms with Crippen molar-refractivity contribution in [2.45, 2.75) is 57.0 Å². The van der Waals surface area contributed by atoms with Crippen molar-refractivity contribution in [3.8, 4) is 5.88 Å². The predicted octanol–water partition coefficient (Wildman–Crippen LogP) is 4.66. The predicted molar refractivity (Wildman–Crippen MR) is 118 cm³/mol. The second-order valence-electron chi connectivity index (χ2n) is 8.39. The zero-order chi connectivity index (χ0) is 20.2. The molecule has 2 aromatic carbocycles. The SMILES string of the molecule is c1ccc(COc2ccc(NC3CC4CCC(C3)N4Cc3ccccc3)nn2)cc1. The van der Waals surface area contributed by atoms with Gasteiger partial charge in [0.1, 0.15) is 12.4 Å². The normalized spacial score (nSPS) is 23.3. The van der Waals surface area contributed by atoms with Crippen LogP contribution in [0.1, 0.15) is 36.8 Å². The number of ether oxygens (including phenoxy) is 1. The summed E-state index contributed by atoms with van der Waals surface area (Å²) >= 11 is 0. The van der Waals surface area contributed by atoms with Crippen molar-refractivity contribution in [1.29, 1.82) is 0 Å². The maximum Gasteiger partial charge on any atom is 0.233 e. The zero-order valence-corrected chi connectivity index (χ0v) is 17.2. The summed E-state index contributed by atoms with van der Waals surface area (Å²) in [6.45, 7) is 1.57. The lowest BCUT2D eigenvalue weighted by atomic mass is 9.96. The van der Waals surface area contributed by atoms with E-state index in [2.05, 4.69) is 50.7 Å². The van der Waals surface area contributed by atoms with E-state index in [1.54, 1.807) is 0 Å². The fourth-order valence-corrected chi connectivity index (χ4v) is 4.86. The number of hydrogen-bond acceptors (Lipinski definition) is 5. The van der Waals surface area contributed by atoms with Crippen molar-refractivity contribution in [1.82, 2.24) is 15.1 Å². The molecule has 5 rings (SSSR count). The molecular formula is C25H28N4O. The molecule has 2 unspecified atom stereocenters. The smallest absolute Gasteiger partial charge is 0.233 e. The highest BCUT2D eigenvalue weighted by Gasteiger charge is 2.40. The summed E-state index contributed by atoms with van der Waals surface area (Å²) in [4.78, 5) is 2.71. The van der Waals surface area contributed by atoms with E-state index >= 15 is 0 Å². The second kappa shape index (κ2) is 8.84. The third-order valence-electron chi connectivity index (χ3n) is 6.31. The van der Waals surface area contributed by atoms with Gasteiger partial charge >= 0.3 is 0 Å². The minimum absolute atomic E-state index is 0.458. The van der Waals surface area contributed by atoms with E-state index in [9.17, 15) is 0 Å². The number of rotatable bonds is 7. The minimum atomic E-state index is 0.458. The monoisotopic (exact) mass is 400 g/mol. The molecule has 2 fully saturated rings. The molecule has 2 saturated heterocycles. The Balaban J connectivity index is 1.14. The molecule has 0 spiro atoms. The van der Waals surface area contributed by atoms with E-state index in [-0.39, 0.29) is 0 Å². The van der Waals surface area contributed by atoms with Crippen LogP contribution in [0.5, 0.6) is 5.88 Å². The van der Waals surface area contributed by atoms with Crippen LogP contribution in [-0.2, 0) is 13.2 Å². The molecular weight excluding hydrogens is 372 g/mol. The van der Waals surface area contributed by atoms with Gasteiger partial charge in [0.15, 0.2) is 0 Å². The molecule has 30 heavy (non-hydrogen) atoms. The molecule has 5 nitrogen and oxygen atoms in total. The number of fused-ring (bicyclic) bond motifs is 2. The molecule has 0 radical (unpaired) electrons. The third-order valence-corrected chi connectivity index (χ3v) is 6.31. The van der Waals surface area contributed by atoms with Crippen LogP contribution in [0.4, 0.5) is 5.82 Å². The number of benzene rings is 2. The van der Waals surface area contributed by atoms with E-state index in [0.29, 0.717) is 30.6 Å². The Kier molecular flexibility index (Phi) is 5.62. The topological polar surface area (TPSA) is 50.3 Å². The highest BCUT2D eigenvalue weighted by atomic mass is 16.5. The largest absolute Gasteiger partial charge is 0.472 e. The first-order valence-corrected chi connectivity index (χ1v) is 10.9. The van der Waals surface area contributed by atoms with Crippen LogP contribution in [0.15, 0.2) is 72.8 Å². The molecule has 0 aliphatic carbocycles. The third kappa shape index (κ3) is 4.46. The van der Waals surface area contributed by atoms with Crippen molar-refractivity contribution < 1.29 is 4.74 Å². The number of piperidine rings is 1. The molecule has 3 aromatic rings. The summed E-state index contributed by atoms with van der Waals surface area (Å²) in [6.07, 6.45) is 4.93. The Morgan fingerprint density at radius 2 is 1.47 bits per heavy atom. The minimum Gasteiger partial charge on any atom is -0.472 e. The number of hydrogen-bond donors (Lipinski definition) is 1. The molecule has 2 bridgehead atoms. The van der Waals surface area contributed by atoms with Crippen LogP contribution in [0.3, 0.4) is 0 Å². The quantitative estimate of drug-likeness (QED) is 0.625. The lowest BCUT2D eigenvalue weighted by Gasteiger charge is -2.39. The van der Waals surface area contributed by atoms with Crippen molar-refractivity contribution >= 4 is 5.82 Å². The second-order valence-corrected chi connectivity index (χ2v) is 8.39.